The van der Waals surface area contributed by atoms with Crippen LogP contribution in [-0.4, -0.2) is 47.1 Å². The minimum absolute atomic E-state index is 0.0327. The minimum Gasteiger partial charge on any atom is -0.360 e. The van der Waals surface area contributed by atoms with Crippen molar-refractivity contribution < 1.29 is 8.78 Å². The summed E-state index contributed by atoms with van der Waals surface area (Å²) in [5, 5.41) is 4.38. The summed E-state index contributed by atoms with van der Waals surface area (Å²) >= 11 is 5.64. The molecule has 1 aliphatic heterocycles. The van der Waals surface area contributed by atoms with Gasteiger partial charge in [-0.05, 0) is 60.5 Å². The Labute approximate surface area is 176 Å². The molecule has 1 saturated carbocycles. The number of nitrogens with one attached hydrogen (secondary N) is 1. The molecule has 2 aromatic rings. The molecule has 0 unspecified atom stereocenters. The summed E-state index contributed by atoms with van der Waals surface area (Å²) in [4.78, 5) is 4.62. The summed E-state index contributed by atoms with van der Waals surface area (Å²) in [6.45, 7) is 3.37. The van der Waals surface area contributed by atoms with Crippen LogP contribution >= 0.6 is 12.2 Å². The number of piperazine rings is 1. The third kappa shape index (κ3) is 4.93. The zero-order valence-electron chi connectivity index (χ0n) is 16.5. The summed E-state index contributed by atoms with van der Waals surface area (Å²) in [5.41, 5.74) is 2.02. The molecule has 0 aromatic heterocycles. The van der Waals surface area contributed by atoms with Gasteiger partial charge in [0.2, 0.25) is 0 Å². The van der Waals surface area contributed by atoms with Gasteiger partial charge in [0.1, 0.15) is 11.6 Å². The van der Waals surface area contributed by atoms with E-state index in [2.05, 4.69) is 15.1 Å². The monoisotopic (exact) mass is 415 g/mol. The molecule has 1 N–H and O–H groups in total. The van der Waals surface area contributed by atoms with Gasteiger partial charge in [0.15, 0.2) is 5.11 Å². The van der Waals surface area contributed by atoms with E-state index in [1.807, 2.05) is 24.3 Å². The standard InChI is InChI=1S/C23H27F2N3S/c24-19-9-5-17(6-10-19)22(18-7-11-20(25)12-8-18)27-13-15-28(16-14-27)23(29)26-21-3-1-2-4-21/h5-12,21-22H,1-4,13-16H2,(H,26,29). The van der Waals surface area contributed by atoms with Crippen molar-refractivity contribution in [2.24, 2.45) is 0 Å². The first kappa shape index (κ1) is 20.2. The number of rotatable bonds is 4. The molecule has 1 heterocycles. The lowest BCUT2D eigenvalue weighted by Crippen LogP contribution is -2.53. The smallest absolute Gasteiger partial charge is 0.169 e. The Balaban J connectivity index is 1.46. The van der Waals surface area contributed by atoms with E-state index >= 15 is 0 Å². The molecule has 4 rings (SSSR count). The van der Waals surface area contributed by atoms with Crippen molar-refractivity contribution in [3.05, 3.63) is 71.3 Å². The summed E-state index contributed by atoms with van der Waals surface area (Å²) in [5.74, 6) is -0.500. The van der Waals surface area contributed by atoms with Crippen molar-refractivity contribution in [3.63, 3.8) is 0 Å². The third-order valence-corrected chi connectivity index (χ3v) is 6.40. The summed E-state index contributed by atoms with van der Waals surface area (Å²) in [6, 6.07) is 13.7. The Kier molecular flexibility index (Phi) is 6.40. The van der Waals surface area contributed by atoms with Crippen LogP contribution in [0.25, 0.3) is 0 Å². The molecule has 0 spiro atoms. The molecule has 0 amide bonds. The van der Waals surface area contributed by atoms with Crippen LogP contribution in [0.5, 0.6) is 0 Å². The molecule has 0 radical (unpaired) electrons. The number of benzene rings is 2. The van der Waals surface area contributed by atoms with E-state index in [-0.39, 0.29) is 17.7 Å². The molecular weight excluding hydrogens is 388 g/mol. The summed E-state index contributed by atoms with van der Waals surface area (Å²) in [7, 11) is 0. The fourth-order valence-electron chi connectivity index (χ4n) is 4.42. The van der Waals surface area contributed by atoms with Crippen LogP contribution in [0.4, 0.5) is 8.78 Å². The van der Waals surface area contributed by atoms with Crippen molar-refractivity contribution in [1.29, 1.82) is 0 Å². The van der Waals surface area contributed by atoms with Gasteiger partial charge in [0.05, 0.1) is 6.04 Å². The van der Waals surface area contributed by atoms with Gasteiger partial charge in [-0.2, -0.15) is 0 Å². The highest BCUT2D eigenvalue weighted by Crippen LogP contribution is 2.30. The van der Waals surface area contributed by atoms with E-state index in [0.29, 0.717) is 6.04 Å². The highest BCUT2D eigenvalue weighted by molar-refractivity contribution is 7.80. The Morgan fingerprint density at radius 1 is 0.828 bits per heavy atom. The molecule has 0 bridgehead atoms. The molecule has 2 aromatic carbocycles. The van der Waals surface area contributed by atoms with Crippen LogP contribution in [0.2, 0.25) is 0 Å². The quantitative estimate of drug-likeness (QED) is 0.742. The van der Waals surface area contributed by atoms with Gasteiger partial charge in [-0.1, -0.05) is 37.1 Å². The molecule has 29 heavy (non-hydrogen) atoms. The van der Waals surface area contributed by atoms with Crippen LogP contribution < -0.4 is 5.32 Å². The van der Waals surface area contributed by atoms with E-state index in [1.165, 1.54) is 49.9 Å². The third-order valence-electron chi connectivity index (χ3n) is 6.02. The maximum absolute atomic E-state index is 13.5. The first-order valence-electron chi connectivity index (χ1n) is 10.4. The molecule has 1 aliphatic carbocycles. The number of halogens is 2. The lowest BCUT2D eigenvalue weighted by atomic mass is 9.96. The zero-order chi connectivity index (χ0) is 20.2. The average molecular weight is 416 g/mol. The van der Waals surface area contributed by atoms with Gasteiger partial charge in [-0.25, -0.2) is 8.78 Å². The molecule has 154 valence electrons. The van der Waals surface area contributed by atoms with Crippen molar-refractivity contribution in [3.8, 4) is 0 Å². The van der Waals surface area contributed by atoms with Crippen LogP contribution in [-0.2, 0) is 0 Å². The molecule has 0 atom stereocenters. The van der Waals surface area contributed by atoms with Gasteiger partial charge >= 0.3 is 0 Å². The largest absolute Gasteiger partial charge is 0.360 e. The van der Waals surface area contributed by atoms with Crippen LogP contribution in [0.15, 0.2) is 48.5 Å². The molecule has 1 saturated heterocycles. The normalized spacial score (nSPS) is 18.4. The summed E-state index contributed by atoms with van der Waals surface area (Å²) in [6.07, 6.45) is 4.98. The first-order chi connectivity index (χ1) is 14.1. The van der Waals surface area contributed by atoms with Gasteiger partial charge < -0.3 is 10.2 Å². The lowest BCUT2D eigenvalue weighted by molar-refractivity contribution is 0.149. The summed E-state index contributed by atoms with van der Waals surface area (Å²) < 4.78 is 26.9. The predicted molar refractivity (Wildman–Crippen MR) is 116 cm³/mol. The second-order valence-electron chi connectivity index (χ2n) is 7.96. The van der Waals surface area contributed by atoms with Gasteiger partial charge in [-0.15, -0.1) is 0 Å². The maximum atomic E-state index is 13.5. The van der Waals surface area contributed by atoms with Gasteiger partial charge in [0.25, 0.3) is 0 Å². The Bertz CT molecular complexity index is 766. The number of thiocarbonyl (C=S) groups is 1. The van der Waals surface area contributed by atoms with E-state index in [1.54, 1.807) is 0 Å². The number of hydrogen-bond donors (Lipinski definition) is 1. The van der Waals surface area contributed by atoms with Crippen LogP contribution in [0.1, 0.15) is 42.9 Å². The SMILES string of the molecule is Fc1ccc(C(c2ccc(F)cc2)N2CCN(C(=S)NC3CCCC3)CC2)cc1. The first-order valence-corrected chi connectivity index (χ1v) is 10.8. The fraction of sp³-hybridized carbons (Fsp3) is 0.435. The van der Waals surface area contributed by atoms with Crippen molar-refractivity contribution in [1.82, 2.24) is 15.1 Å². The Morgan fingerprint density at radius 3 is 1.79 bits per heavy atom. The predicted octanol–water partition coefficient (Wildman–Crippen LogP) is 4.49. The number of hydrogen-bond acceptors (Lipinski definition) is 2. The average Bonchev–Trinajstić information content (AvgIpc) is 3.24. The van der Waals surface area contributed by atoms with E-state index < -0.39 is 0 Å². The van der Waals surface area contributed by atoms with Gasteiger partial charge in [-0.3, -0.25) is 4.90 Å². The van der Waals surface area contributed by atoms with E-state index in [9.17, 15) is 8.78 Å². The molecule has 2 aliphatic rings. The van der Waals surface area contributed by atoms with Crippen molar-refractivity contribution in [2.45, 2.75) is 37.8 Å². The van der Waals surface area contributed by atoms with Crippen LogP contribution in [0, 0.1) is 11.6 Å². The molecule has 2 fully saturated rings. The molecular formula is C23H27F2N3S. The second kappa shape index (κ2) is 9.18. The fourth-order valence-corrected chi connectivity index (χ4v) is 4.77. The zero-order valence-corrected chi connectivity index (χ0v) is 17.3. The highest BCUT2D eigenvalue weighted by Gasteiger charge is 2.28. The van der Waals surface area contributed by atoms with Crippen molar-refractivity contribution in [2.75, 3.05) is 26.2 Å². The topological polar surface area (TPSA) is 18.5 Å². The maximum Gasteiger partial charge on any atom is 0.169 e. The van der Waals surface area contributed by atoms with Crippen LogP contribution in [0.3, 0.4) is 0 Å². The van der Waals surface area contributed by atoms with Crippen molar-refractivity contribution >= 4 is 17.3 Å². The minimum atomic E-state index is -0.250. The Morgan fingerprint density at radius 2 is 1.31 bits per heavy atom. The highest BCUT2D eigenvalue weighted by atomic mass is 32.1. The number of nitrogens with zero attached hydrogens (tertiary/aromatic N) is 2. The van der Waals surface area contributed by atoms with Gasteiger partial charge in [0, 0.05) is 32.2 Å². The Hall–Kier alpha value is -2.05. The lowest BCUT2D eigenvalue weighted by Gasteiger charge is -2.41. The molecule has 3 nitrogen and oxygen atoms in total. The van der Waals surface area contributed by atoms with E-state index in [0.717, 1.165) is 42.4 Å². The second-order valence-corrected chi connectivity index (χ2v) is 8.35. The molecule has 6 heteroatoms. The van der Waals surface area contributed by atoms with E-state index in [4.69, 9.17) is 12.2 Å².